The molecule has 0 bridgehead atoms. The van der Waals surface area contributed by atoms with Crippen molar-refractivity contribution in [2.24, 2.45) is 5.92 Å². The van der Waals surface area contributed by atoms with E-state index in [1.54, 1.807) is 120 Å². The quantitative estimate of drug-likeness (QED) is 0.0133. The van der Waals surface area contributed by atoms with Gasteiger partial charge >= 0.3 is 17.9 Å². The van der Waals surface area contributed by atoms with E-state index in [0.29, 0.717) is 9.79 Å². The van der Waals surface area contributed by atoms with E-state index < -0.39 is 166 Å². The molecule has 0 saturated carbocycles. The molecule has 0 aliphatic carbocycles. The zero-order chi connectivity index (χ0) is 62.2. The van der Waals surface area contributed by atoms with Crippen molar-refractivity contribution in [3.05, 3.63) is 120 Å². The minimum atomic E-state index is -4.64. The van der Waals surface area contributed by atoms with Crippen molar-refractivity contribution < 1.29 is 87.3 Å². The minimum Gasteiger partial charge on any atom is -0.456 e. The van der Waals surface area contributed by atoms with E-state index in [4.69, 9.17) is 114 Å². The van der Waals surface area contributed by atoms with Crippen LogP contribution in [0.5, 0.6) is 0 Å². The first kappa shape index (κ1) is 69.7. The molecule has 85 heavy (non-hydrogen) atoms. The average molecular weight is 1470 g/mol. The van der Waals surface area contributed by atoms with Gasteiger partial charge in [0.25, 0.3) is 24.0 Å². The van der Waals surface area contributed by atoms with Crippen LogP contribution in [0.4, 0.5) is 0 Å². The van der Waals surface area contributed by atoms with Crippen LogP contribution in [0.15, 0.2) is 129 Å². The van der Waals surface area contributed by atoms with Gasteiger partial charge in [0.1, 0.15) is 47.0 Å². The van der Waals surface area contributed by atoms with Crippen LogP contribution in [0.1, 0.15) is 38.8 Å². The summed E-state index contributed by atoms with van der Waals surface area (Å²) in [5.74, 6) is -5.72. The summed E-state index contributed by atoms with van der Waals surface area (Å²) in [5.41, 5.74) is -0.398. The van der Waals surface area contributed by atoms with Crippen molar-refractivity contribution in [1.82, 2.24) is 0 Å². The van der Waals surface area contributed by atoms with Gasteiger partial charge in [-0.15, -0.1) is 46.7 Å². The summed E-state index contributed by atoms with van der Waals surface area (Å²) in [6.07, 6.45) is -17.5. The second kappa shape index (κ2) is 30.4. The molecule has 15 atom stereocenters. The number of alkyl halides is 6. The average Bonchev–Trinajstić information content (AvgIpc) is 2.39. The van der Waals surface area contributed by atoms with E-state index >= 15 is 0 Å². The number of carbonyl (C=O) groups is 3. The largest absolute Gasteiger partial charge is 0.456 e. The van der Waals surface area contributed by atoms with E-state index in [1.807, 2.05) is 22.6 Å². The second-order valence-electron chi connectivity index (χ2n) is 20.2. The normalized spacial score (nSPS) is 29.2. The first-order chi connectivity index (χ1) is 40.0. The zero-order valence-corrected chi connectivity index (χ0v) is 55.3. The first-order valence-electron chi connectivity index (χ1n) is 26.1. The number of benzene rings is 4. The van der Waals surface area contributed by atoms with Gasteiger partial charge in [-0.05, 0) is 76.2 Å². The number of halogens is 6. The lowest BCUT2D eigenvalue weighted by Crippen LogP contribution is -2.68. The molecular weight excluding hydrogens is 1410 g/mol. The number of thioether (sulfide) groups is 2. The molecule has 3 aliphatic heterocycles. The van der Waals surface area contributed by atoms with Gasteiger partial charge in [0, 0.05) is 9.79 Å². The molecule has 20 nitrogen and oxygen atoms in total. The summed E-state index contributed by atoms with van der Waals surface area (Å²) in [5, 5.41) is 18.4. The zero-order valence-electron chi connectivity index (χ0n) is 46.1. The van der Waals surface area contributed by atoms with Crippen LogP contribution in [0.2, 0.25) is 0 Å². The van der Waals surface area contributed by atoms with Crippen molar-refractivity contribution in [2.45, 2.75) is 153 Å². The molecule has 30 heteroatoms. The van der Waals surface area contributed by atoms with Crippen molar-refractivity contribution in [1.29, 1.82) is 5.41 Å². The Balaban J connectivity index is 1.43. The first-order valence-corrected chi connectivity index (χ1v) is 34.1. The van der Waals surface area contributed by atoms with Crippen LogP contribution in [0.25, 0.3) is 0 Å². The lowest BCUT2D eigenvalue weighted by molar-refractivity contribution is -0.330. The Morgan fingerprint density at radius 2 is 1.06 bits per heavy atom. The standard InChI is InChI=1S/C55H61Cl5INO19S4/c1-29(2)49(65)80-48-32(5)73-52(47(61)54(48,6)66)79-44-42(77-40(64)26-57)37(27-71-84(67,68)35-21-17-30(3)18-22-35)74-50(45(44)82-33-13-9-7-10-14-33)78-43-41(76-39(63)25-56)38(28-72-85(69,70)36-23-19-31(4)20-24-36)75-51(81-53(62)55(58,59)60)46(43)83-34-15-11-8-12-16-34/h7-24,29,32,37-38,41-48,50-52,62,66H,25-28H2,1-6H3/t32-,37+,38+,41+,42+,43-,44-,45+,46+,47-,48-,50-,51+,52-,54-/m0/s1. The number of nitrogens with one attached hydrogen (secondary N) is 1. The molecule has 0 aromatic heterocycles. The smallest absolute Gasteiger partial charge is 0.321 e. The van der Waals surface area contributed by atoms with E-state index in [0.717, 1.165) is 34.7 Å². The van der Waals surface area contributed by atoms with Crippen molar-refractivity contribution in [3.8, 4) is 0 Å². The van der Waals surface area contributed by atoms with Gasteiger partial charge in [-0.3, -0.25) is 28.2 Å². The third-order valence-corrected chi connectivity index (χ3v) is 21.3. The Labute approximate surface area is 540 Å². The second-order valence-corrected chi connectivity index (χ2v) is 30.0. The van der Waals surface area contributed by atoms with Crippen molar-refractivity contribution >= 4 is 148 Å². The predicted molar refractivity (Wildman–Crippen MR) is 326 cm³/mol. The fourth-order valence-corrected chi connectivity index (χ4v) is 14.2. The molecule has 0 radical (unpaired) electrons. The van der Waals surface area contributed by atoms with Gasteiger partial charge in [-0.2, -0.15) is 16.8 Å². The summed E-state index contributed by atoms with van der Waals surface area (Å²) in [6, 6.07) is 28.7. The highest BCUT2D eigenvalue weighted by molar-refractivity contribution is 14.1. The SMILES string of the molecule is Cc1ccc(S(=O)(=O)OC[C@H]2O[C@H](OC(=N)C(Cl)(Cl)Cl)[C@H](Sc3ccccc3)[C@@H](O[C@@H]3O[C@H](COS(=O)(=O)c4ccc(C)cc4)[C@@H](OC(=O)CCl)[C@H](O[C@@H]4O[C@@H](C)[C@H](OC(=O)C(C)C)[C@@](C)(O)[C@H]4I)[C@H]3Sc3ccccc3)[C@@H]2OC(=O)CCl)cc1. The monoisotopic (exact) mass is 1470 g/mol. The summed E-state index contributed by atoms with van der Waals surface area (Å²) in [7, 11) is -9.26. The highest BCUT2D eigenvalue weighted by atomic mass is 127. The van der Waals surface area contributed by atoms with Crippen LogP contribution < -0.4 is 0 Å². The van der Waals surface area contributed by atoms with E-state index in [2.05, 4.69) is 0 Å². The Bertz CT molecular complexity index is 3140. The molecule has 4 aromatic rings. The topological polar surface area (TPSA) is 265 Å². The maximum absolute atomic E-state index is 14.1. The number of hydrogen-bond acceptors (Lipinski definition) is 22. The van der Waals surface area contributed by atoms with E-state index in [1.165, 1.54) is 31.2 Å². The summed E-state index contributed by atoms with van der Waals surface area (Å²) in [4.78, 5) is 41.0. The molecule has 0 spiro atoms. The molecule has 2 N–H and O–H groups in total. The maximum Gasteiger partial charge on any atom is 0.321 e. The Morgan fingerprint density at radius 1 is 0.647 bits per heavy atom. The molecule has 3 saturated heterocycles. The molecule has 3 heterocycles. The number of aliphatic hydroxyl groups is 1. The minimum absolute atomic E-state index is 0.246. The van der Waals surface area contributed by atoms with Gasteiger partial charge < -0.3 is 47.7 Å². The van der Waals surface area contributed by atoms with Gasteiger partial charge in [0.2, 0.25) is 12.2 Å². The predicted octanol–water partition coefficient (Wildman–Crippen LogP) is 9.49. The number of hydrogen-bond donors (Lipinski definition) is 2. The molecule has 3 aliphatic rings. The Morgan fingerprint density at radius 3 is 1.47 bits per heavy atom. The highest BCUT2D eigenvalue weighted by Gasteiger charge is 2.60. The summed E-state index contributed by atoms with van der Waals surface area (Å²) in [6.45, 7) is 7.91. The Kier molecular flexibility index (Phi) is 24.9. The van der Waals surface area contributed by atoms with Crippen LogP contribution in [-0.2, 0) is 85.6 Å². The number of carbonyl (C=O) groups excluding carboxylic acids is 3. The highest BCUT2D eigenvalue weighted by Crippen LogP contribution is 2.46. The lowest BCUT2D eigenvalue weighted by Gasteiger charge is -2.52. The fraction of sp³-hybridized carbons (Fsp3) is 0.491. The van der Waals surface area contributed by atoms with Gasteiger partial charge in [-0.1, -0.05) is 143 Å². The van der Waals surface area contributed by atoms with E-state index in [-0.39, 0.29) is 9.79 Å². The van der Waals surface area contributed by atoms with Crippen LogP contribution in [0, 0.1) is 25.2 Å². The number of esters is 3. The van der Waals surface area contributed by atoms with E-state index in [9.17, 15) is 36.3 Å². The third-order valence-electron chi connectivity index (χ3n) is 13.3. The molecular formula is C55H61Cl5INO19S4. The molecule has 3 fully saturated rings. The van der Waals surface area contributed by atoms with Crippen LogP contribution >= 0.6 is 104 Å². The maximum atomic E-state index is 14.1. The third kappa shape index (κ3) is 18.2. The van der Waals surface area contributed by atoms with Gasteiger partial charge in [0.15, 0.2) is 30.9 Å². The summed E-state index contributed by atoms with van der Waals surface area (Å²) < 4.78 is 122. The molecule has 7 rings (SSSR count). The molecule has 4 aromatic carbocycles. The van der Waals surface area contributed by atoms with Crippen LogP contribution in [-0.4, -0.2) is 162 Å². The number of rotatable bonds is 23. The number of ether oxygens (including phenoxy) is 9. The Hall–Kier alpha value is -2.78. The lowest BCUT2D eigenvalue weighted by atomic mass is 9.88. The van der Waals surface area contributed by atoms with Gasteiger partial charge in [-0.25, -0.2) is 0 Å². The number of aryl methyl sites for hydroxylation is 2. The van der Waals surface area contributed by atoms with Crippen molar-refractivity contribution in [2.75, 3.05) is 25.0 Å². The van der Waals surface area contributed by atoms with Gasteiger partial charge in [0.05, 0.1) is 44.2 Å². The van der Waals surface area contributed by atoms with Crippen molar-refractivity contribution in [3.63, 3.8) is 0 Å². The van der Waals surface area contributed by atoms with Crippen LogP contribution in [0.3, 0.4) is 0 Å². The molecule has 0 amide bonds. The fourth-order valence-electron chi connectivity index (χ4n) is 8.94. The molecule has 466 valence electrons. The molecule has 0 unspecified atom stereocenters. The summed E-state index contributed by atoms with van der Waals surface area (Å²) >= 11 is 34.9.